The molecule has 2 fully saturated rings. The fourth-order valence-electron chi connectivity index (χ4n) is 6.11. The Morgan fingerprint density at radius 2 is 1.42 bits per heavy atom. The van der Waals surface area contributed by atoms with E-state index in [2.05, 4.69) is 0 Å². The second-order valence-electron chi connectivity index (χ2n) is 12.4. The third-order valence-electron chi connectivity index (χ3n) is 8.82. The van der Waals surface area contributed by atoms with Gasteiger partial charge in [0.2, 0.25) is 0 Å². The Kier molecular flexibility index (Phi) is 10.9. The monoisotopic (exact) mass is 546 g/mol. The van der Waals surface area contributed by atoms with Crippen LogP contribution in [0, 0.1) is 29.6 Å². The fourth-order valence-corrected chi connectivity index (χ4v) is 6.11. The van der Waals surface area contributed by atoms with E-state index in [9.17, 15) is 35.1 Å². The van der Waals surface area contributed by atoms with Crippen molar-refractivity contribution in [1.82, 2.24) is 0 Å². The number of rotatable bonds is 3. The maximum atomic E-state index is 13.4. The first-order valence-electron chi connectivity index (χ1n) is 13.9. The zero-order valence-corrected chi connectivity index (χ0v) is 24.3. The number of ketones is 1. The molecule has 0 saturated carbocycles. The SMILES string of the molecule is CCC1OC(=O)[C@H](C)C(O[C@H]2C[C@@](C)(O)[C@@H](O)[C@H](C)O2)[C@H](C)[C@@H](O)[C@](C)(O)C[C@@H](C)C(=O)C(C)[C@@H](O)[C@H]1C. The van der Waals surface area contributed by atoms with Gasteiger partial charge in [-0.15, -0.1) is 0 Å². The fraction of sp³-hybridized carbons (Fsp3) is 0.929. The van der Waals surface area contributed by atoms with Crippen molar-refractivity contribution >= 4 is 11.8 Å². The Morgan fingerprint density at radius 3 is 1.95 bits per heavy atom. The molecule has 222 valence electrons. The molecule has 0 spiro atoms. The predicted molar refractivity (Wildman–Crippen MR) is 139 cm³/mol. The van der Waals surface area contributed by atoms with Gasteiger partial charge in [0.15, 0.2) is 6.29 Å². The van der Waals surface area contributed by atoms with Crippen molar-refractivity contribution in [3.05, 3.63) is 0 Å². The number of hydrogen-bond donors (Lipinski definition) is 5. The molecule has 2 heterocycles. The first kappa shape index (κ1) is 33.1. The molecule has 0 aromatic heterocycles. The van der Waals surface area contributed by atoms with Crippen LogP contribution in [0.1, 0.15) is 81.6 Å². The minimum Gasteiger partial charge on any atom is -0.462 e. The van der Waals surface area contributed by atoms with Crippen molar-refractivity contribution < 1.29 is 49.3 Å². The highest BCUT2D eigenvalue weighted by atomic mass is 16.7. The molecule has 0 radical (unpaired) electrons. The van der Waals surface area contributed by atoms with Gasteiger partial charge in [0, 0.05) is 30.1 Å². The quantitative estimate of drug-likeness (QED) is 0.328. The second kappa shape index (κ2) is 12.6. The maximum absolute atomic E-state index is 13.4. The number of carbonyl (C=O) groups is 2. The van der Waals surface area contributed by atoms with Crippen molar-refractivity contribution in [2.75, 3.05) is 0 Å². The van der Waals surface area contributed by atoms with Gasteiger partial charge in [-0.1, -0.05) is 34.6 Å². The van der Waals surface area contributed by atoms with E-state index in [0.717, 1.165) is 0 Å². The van der Waals surface area contributed by atoms with Gasteiger partial charge in [-0.3, -0.25) is 9.59 Å². The second-order valence-corrected chi connectivity index (χ2v) is 12.4. The summed E-state index contributed by atoms with van der Waals surface area (Å²) in [6, 6.07) is 0. The van der Waals surface area contributed by atoms with Crippen molar-refractivity contribution in [1.29, 1.82) is 0 Å². The van der Waals surface area contributed by atoms with E-state index in [0.29, 0.717) is 6.42 Å². The summed E-state index contributed by atoms with van der Waals surface area (Å²) in [7, 11) is 0. The largest absolute Gasteiger partial charge is 0.462 e. The minimum absolute atomic E-state index is 0.0661. The molecule has 5 N–H and O–H groups in total. The first-order chi connectivity index (χ1) is 17.3. The van der Waals surface area contributed by atoms with Crippen LogP contribution in [0.5, 0.6) is 0 Å². The van der Waals surface area contributed by atoms with Crippen molar-refractivity contribution in [2.24, 2.45) is 29.6 Å². The zero-order chi connectivity index (χ0) is 29.3. The molecule has 0 bridgehead atoms. The number of carbonyl (C=O) groups excluding carboxylic acids is 2. The van der Waals surface area contributed by atoms with Crippen molar-refractivity contribution in [3.8, 4) is 0 Å². The topological polar surface area (TPSA) is 163 Å². The van der Waals surface area contributed by atoms with E-state index < -0.39 is 89.7 Å². The molecule has 38 heavy (non-hydrogen) atoms. The van der Waals surface area contributed by atoms with Crippen LogP contribution >= 0.6 is 0 Å². The van der Waals surface area contributed by atoms with Gasteiger partial charge in [-0.25, -0.2) is 0 Å². The molecule has 10 nitrogen and oxygen atoms in total. The molecule has 2 saturated heterocycles. The number of esters is 1. The Morgan fingerprint density at radius 1 is 0.868 bits per heavy atom. The summed E-state index contributed by atoms with van der Waals surface area (Å²) in [5.41, 5.74) is -3.24. The molecular formula is C28H50O10. The van der Waals surface area contributed by atoms with E-state index in [-0.39, 0.29) is 18.6 Å². The lowest BCUT2D eigenvalue weighted by Crippen LogP contribution is -2.57. The van der Waals surface area contributed by atoms with Gasteiger partial charge in [-0.2, -0.15) is 0 Å². The number of aliphatic hydroxyl groups is 5. The van der Waals surface area contributed by atoms with Crippen LogP contribution < -0.4 is 0 Å². The molecule has 2 rings (SSSR count). The highest BCUT2D eigenvalue weighted by Gasteiger charge is 2.49. The van der Waals surface area contributed by atoms with Crippen LogP contribution in [0.15, 0.2) is 0 Å². The number of aliphatic hydroxyl groups excluding tert-OH is 3. The summed E-state index contributed by atoms with van der Waals surface area (Å²) < 4.78 is 17.8. The lowest BCUT2D eigenvalue weighted by atomic mass is 9.75. The van der Waals surface area contributed by atoms with Crippen LogP contribution in [-0.2, 0) is 23.8 Å². The minimum atomic E-state index is -1.73. The van der Waals surface area contributed by atoms with Crippen LogP contribution in [0.4, 0.5) is 0 Å². The summed E-state index contributed by atoms with van der Waals surface area (Å²) in [6.07, 6.45) is -6.81. The van der Waals surface area contributed by atoms with E-state index in [1.807, 2.05) is 6.92 Å². The van der Waals surface area contributed by atoms with E-state index in [1.165, 1.54) is 13.8 Å². The van der Waals surface area contributed by atoms with E-state index >= 15 is 0 Å². The van der Waals surface area contributed by atoms with Crippen LogP contribution in [-0.4, -0.2) is 91.4 Å². The number of Topliss-reactive ketones (excluding diaryl/α,β-unsaturated/α-hetero) is 1. The molecule has 0 aromatic carbocycles. The molecule has 0 amide bonds. The first-order valence-corrected chi connectivity index (χ1v) is 13.9. The van der Waals surface area contributed by atoms with Crippen LogP contribution in [0.25, 0.3) is 0 Å². The summed E-state index contributed by atoms with van der Waals surface area (Å²) in [5, 5.41) is 54.5. The normalized spacial score (nSPS) is 50.3. The molecule has 2 aliphatic heterocycles. The maximum Gasteiger partial charge on any atom is 0.311 e. The molecule has 14 atom stereocenters. The van der Waals surface area contributed by atoms with Crippen molar-refractivity contribution in [3.63, 3.8) is 0 Å². The van der Waals surface area contributed by atoms with E-state index in [1.54, 1.807) is 41.5 Å². The molecule has 0 aliphatic carbocycles. The van der Waals surface area contributed by atoms with Gasteiger partial charge in [0.25, 0.3) is 0 Å². The molecular weight excluding hydrogens is 496 g/mol. The predicted octanol–water partition coefficient (Wildman–Crippen LogP) is 1.57. The van der Waals surface area contributed by atoms with Gasteiger partial charge < -0.3 is 39.7 Å². The molecule has 3 unspecified atom stereocenters. The van der Waals surface area contributed by atoms with Gasteiger partial charge in [0.1, 0.15) is 18.0 Å². The number of cyclic esters (lactones) is 1. The lowest BCUT2D eigenvalue weighted by Gasteiger charge is -2.45. The number of ether oxygens (including phenoxy) is 3. The van der Waals surface area contributed by atoms with Gasteiger partial charge >= 0.3 is 5.97 Å². The smallest absolute Gasteiger partial charge is 0.311 e. The van der Waals surface area contributed by atoms with E-state index in [4.69, 9.17) is 14.2 Å². The molecule has 0 aromatic rings. The Balaban J connectivity index is 2.49. The Bertz CT molecular complexity index is 813. The van der Waals surface area contributed by atoms with Crippen LogP contribution in [0.2, 0.25) is 0 Å². The highest BCUT2D eigenvalue weighted by Crippen LogP contribution is 2.37. The van der Waals surface area contributed by atoms with Crippen molar-refractivity contribution in [2.45, 2.75) is 136 Å². The molecule has 10 heteroatoms. The summed E-state index contributed by atoms with van der Waals surface area (Å²) in [5.74, 6) is -4.59. The Labute approximate surface area is 226 Å². The Hall–Kier alpha value is -1.14. The molecule has 2 aliphatic rings. The summed E-state index contributed by atoms with van der Waals surface area (Å²) in [4.78, 5) is 26.5. The summed E-state index contributed by atoms with van der Waals surface area (Å²) >= 11 is 0. The van der Waals surface area contributed by atoms with Crippen LogP contribution in [0.3, 0.4) is 0 Å². The third kappa shape index (κ3) is 7.13. The van der Waals surface area contributed by atoms with Gasteiger partial charge in [0.05, 0.1) is 41.5 Å². The zero-order valence-electron chi connectivity index (χ0n) is 24.3. The van der Waals surface area contributed by atoms with Gasteiger partial charge in [-0.05, 0) is 40.5 Å². The third-order valence-corrected chi connectivity index (χ3v) is 8.82. The average molecular weight is 547 g/mol. The number of hydrogen-bond acceptors (Lipinski definition) is 10. The lowest BCUT2D eigenvalue weighted by molar-refractivity contribution is -0.295. The highest BCUT2D eigenvalue weighted by molar-refractivity contribution is 5.83. The summed E-state index contributed by atoms with van der Waals surface area (Å²) in [6.45, 7) is 14.6. The average Bonchev–Trinajstić information content (AvgIpc) is 2.84. The standard InChI is InChI=1S/C28H50O10/c1-10-19-14(3)22(30)15(4)21(29)13(2)11-27(8,34)24(31)16(5)23(17(6)26(33)37-19)38-20-12-28(9,35)25(32)18(7)36-20/h13-20,22-25,30-32,34-35H,10-12H2,1-9H3/t13-,14+,15?,16+,17-,18+,19?,20+,22+,23?,24-,25+,27-,28-/m1/s1.